The molecule has 3 N–H and O–H groups in total. The highest BCUT2D eigenvalue weighted by Crippen LogP contribution is 2.36. The first-order valence-electron chi connectivity index (χ1n) is 7.47. The minimum Gasteiger partial charge on any atom is -0.494 e. The Morgan fingerprint density at radius 3 is 2.85 bits per heavy atom. The average Bonchev–Trinajstić information content (AvgIpc) is 2.95. The van der Waals surface area contributed by atoms with Crippen molar-refractivity contribution in [3.8, 4) is 5.75 Å². The van der Waals surface area contributed by atoms with Crippen LogP contribution in [0.5, 0.6) is 5.75 Å². The molecule has 112 valence electrons. The number of methoxy groups -OCH3 is 1. The monoisotopic (exact) mass is 280 g/mol. The predicted molar refractivity (Wildman–Crippen MR) is 78.9 cm³/mol. The summed E-state index contributed by atoms with van der Waals surface area (Å²) in [5, 5.41) is 0. The van der Waals surface area contributed by atoms with Gasteiger partial charge in [-0.1, -0.05) is 31.9 Å². The molecule has 1 saturated carbocycles. The highest BCUT2D eigenvalue weighted by Gasteiger charge is 2.30. The second-order valence-corrected chi connectivity index (χ2v) is 5.76. The molecular weight excluding hydrogens is 255 g/mol. The fourth-order valence-electron chi connectivity index (χ4n) is 3.32. The second kappa shape index (κ2) is 7.04. The van der Waals surface area contributed by atoms with Gasteiger partial charge in [0.2, 0.25) is 0 Å². The highest BCUT2D eigenvalue weighted by molar-refractivity contribution is 5.31. The van der Waals surface area contributed by atoms with Crippen LogP contribution in [0.25, 0.3) is 0 Å². The van der Waals surface area contributed by atoms with Crippen molar-refractivity contribution in [3.05, 3.63) is 29.6 Å². The lowest BCUT2D eigenvalue weighted by Crippen LogP contribution is -2.42. The zero-order valence-corrected chi connectivity index (χ0v) is 12.4. The molecule has 2 rings (SSSR count). The molecule has 3 nitrogen and oxygen atoms in total. The standard InChI is InChI=1S/C16H25FN2O/c1-3-11-7-8-12(9-11)14(19-18)10-13-5-4-6-15(20-2)16(13)17/h4-6,11-12,14,19H,3,7-10,18H2,1-2H3. The van der Waals surface area contributed by atoms with Crippen molar-refractivity contribution in [2.75, 3.05) is 7.11 Å². The van der Waals surface area contributed by atoms with Crippen LogP contribution in [-0.4, -0.2) is 13.2 Å². The lowest BCUT2D eigenvalue weighted by molar-refractivity contribution is 0.340. The van der Waals surface area contributed by atoms with Crippen molar-refractivity contribution in [3.63, 3.8) is 0 Å². The third-order valence-corrected chi connectivity index (χ3v) is 4.65. The van der Waals surface area contributed by atoms with Gasteiger partial charge in [-0.15, -0.1) is 0 Å². The number of halogens is 1. The van der Waals surface area contributed by atoms with Gasteiger partial charge in [0.15, 0.2) is 11.6 Å². The third kappa shape index (κ3) is 3.30. The molecular formula is C16H25FN2O. The van der Waals surface area contributed by atoms with Crippen LogP contribution in [0, 0.1) is 17.7 Å². The Kier molecular flexibility index (Phi) is 5.38. The Morgan fingerprint density at radius 2 is 2.25 bits per heavy atom. The van der Waals surface area contributed by atoms with Crippen molar-refractivity contribution in [1.29, 1.82) is 0 Å². The van der Waals surface area contributed by atoms with Gasteiger partial charge in [0, 0.05) is 6.04 Å². The molecule has 1 aromatic rings. The summed E-state index contributed by atoms with van der Waals surface area (Å²) in [5.74, 6) is 7.08. The first kappa shape index (κ1) is 15.3. The summed E-state index contributed by atoms with van der Waals surface area (Å²) >= 11 is 0. The van der Waals surface area contributed by atoms with E-state index >= 15 is 0 Å². The van der Waals surface area contributed by atoms with Gasteiger partial charge in [-0.2, -0.15) is 0 Å². The van der Waals surface area contributed by atoms with E-state index < -0.39 is 0 Å². The van der Waals surface area contributed by atoms with Gasteiger partial charge in [-0.25, -0.2) is 4.39 Å². The Bertz CT molecular complexity index is 438. The topological polar surface area (TPSA) is 47.3 Å². The Hall–Kier alpha value is -1.13. The lowest BCUT2D eigenvalue weighted by atomic mass is 9.91. The molecule has 1 aliphatic carbocycles. The summed E-state index contributed by atoms with van der Waals surface area (Å²) in [6, 6.07) is 5.42. The van der Waals surface area contributed by atoms with E-state index in [0.717, 1.165) is 5.92 Å². The second-order valence-electron chi connectivity index (χ2n) is 5.76. The molecule has 0 heterocycles. The maximum atomic E-state index is 14.2. The van der Waals surface area contributed by atoms with Gasteiger partial charge in [-0.3, -0.25) is 11.3 Å². The first-order valence-corrected chi connectivity index (χ1v) is 7.47. The normalized spacial score (nSPS) is 23.8. The maximum absolute atomic E-state index is 14.2. The smallest absolute Gasteiger partial charge is 0.168 e. The minimum absolute atomic E-state index is 0.133. The van der Waals surface area contributed by atoms with Crippen molar-refractivity contribution in [2.24, 2.45) is 17.7 Å². The number of nitrogens with two attached hydrogens (primary N) is 1. The van der Waals surface area contributed by atoms with Gasteiger partial charge in [0.1, 0.15) is 0 Å². The molecule has 1 aromatic carbocycles. The zero-order valence-electron chi connectivity index (χ0n) is 12.4. The molecule has 0 radical (unpaired) electrons. The number of benzene rings is 1. The SMILES string of the molecule is CCC1CCC(C(Cc2cccc(OC)c2F)NN)C1. The average molecular weight is 280 g/mol. The molecule has 1 aliphatic rings. The summed E-state index contributed by atoms with van der Waals surface area (Å²) < 4.78 is 19.2. The Balaban J connectivity index is 2.07. The number of hydrogen-bond acceptors (Lipinski definition) is 3. The Morgan fingerprint density at radius 1 is 1.45 bits per heavy atom. The van der Waals surface area contributed by atoms with Gasteiger partial charge in [0.05, 0.1) is 7.11 Å². The fraction of sp³-hybridized carbons (Fsp3) is 0.625. The van der Waals surface area contributed by atoms with Crippen LogP contribution >= 0.6 is 0 Å². The molecule has 1 fully saturated rings. The van der Waals surface area contributed by atoms with E-state index in [2.05, 4.69) is 12.3 Å². The zero-order chi connectivity index (χ0) is 14.5. The molecule has 0 aliphatic heterocycles. The van der Waals surface area contributed by atoms with E-state index in [1.807, 2.05) is 12.1 Å². The molecule has 4 heteroatoms. The number of hydrazine groups is 1. The number of nitrogens with one attached hydrogen (secondary N) is 1. The van der Waals surface area contributed by atoms with Crippen molar-refractivity contribution in [1.82, 2.24) is 5.43 Å². The summed E-state index contributed by atoms with van der Waals surface area (Å²) in [6.07, 6.45) is 5.47. The van der Waals surface area contributed by atoms with E-state index in [1.54, 1.807) is 6.07 Å². The number of hydrogen-bond donors (Lipinski definition) is 2. The molecule has 0 spiro atoms. The fourth-order valence-corrected chi connectivity index (χ4v) is 3.32. The van der Waals surface area contributed by atoms with Crippen LogP contribution in [0.15, 0.2) is 18.2 Å². The summed E-state index contributed by atoms with van der Waals surface area (Å²) in [5.41, 5.74) is 3.57. The van der Waals surface area contributed by atoms with Crippen molar-refractivity contribution in [2.45, 2.75) is 45.1 Å². The summed E-state index contributed by atoms with van der Waals surface area (Å²) in [7, 11) is 1.49. The van der Waals surface area contributed by atoms with E-state index in [-0.39, 0.29) is 11.9 Å². The van der Waals surface area contributed by atoms with Crippen LogP contribution in [0.2, 0.25) is 0 Å². The van der Waals surface area contributed by atoms with Crippen molar-refractivity contribution < 1.29 is 9.13 Å². The largest absolute Gasteiger partial charge is 0.494 e. The maximum Gasteiger partial charge on any atom is 0.168 e. The molecule has 3 unspecified atom stereocenters. The molecule has 20 heavy (non-hydrogen) atoms. The molecule has 0 saturated heterocycles. The van der Waals surface area contributed by atoms with E-state index in [4.69, 9.17) is 10.6 Å². The summed E-state index contributed by atoms with van der Waals surface area (Å²) in [6.45, 7) is 2.24. The molecule has 3 atom stereocenters. The van der Waals surface area contributed by atoms with Gasteiger partial charge < -0.3 is 4.74 Å². The third-order valence-electron chi connectivity index (χ3n) is 4.65. The lowest BCUT2D eigenvalue weighted by Gasteiger charge is -2.23. The molecule has 0 amide bonds. The van der Waals surface area contributed by atoms with E-state index in [9.17, 15) is 4.39 Å². The molecule has 0 bridgehead atoms. The summed E-state index contributed by atoms with van der Waals surface area (Å²) in [4.78, 5) is 0. The van der Waals surface area contributed by atoms with E-state index in [0.29, 0.717) is 23.7 Å². The predicted octanol–water partition coefficient (Wildman–Crippen LogP) is 3.04. The van der Waals surface area contributed by atoms with Gasteiger partial charge in [0.25, 0.3) is 0 Å². The van der Waals surface area contributed by atoms with Crippen LogP contribution in [0.1, 0.15) is 38.2 Å². The van der Waals surface area contributed by atoms with Crippen LogP contribution in [0.4, 0.5) is 4.39 Å². The number of rotatable bonds is 6. The minimum atomic E-state index is -0.264. The Labute approximate surface area is 120 Å². The molecule has 0 aromatic heterocycles. The van der Waals surface area contributed by atoms with Crippen molar-refractivity contribution >= 4 is 0 Å². The van der Waals surface area contributed by atoms with Gasteiger partial charge in [-0.05, 0) is 42.7 Å². The highest BCUT2D eigenvalue weighted by atomic mass is 19.1. The van der Waals surface area contributed by atoms with Crippen LogP contribution < -0.4 is 16.0 Å². The van der Waals surface area contributed by atoms with Crippen LogP contribution in [0.3, 0.4) is 0 Å². The van der Waals surface area contributed by atoms with Gasteiger partial charge >= 0.3 is 0 Å². The van der Waals surface area contributed by atoms with E-state index in [1.165, 1.54) is 32.8 Å². The number of ether oxygens (including phenoxy) is 1. The quantitative estimate of drug-likeness (QED) is 0.622. The van der Waals surface area contributed by atoms with Crippen LogP contribution in [-0.2, 0) is 6.42 Å². The first-order chi connectivity index (χ1) is 9.69.